The second-order valence-electron chi connectivity index (χ2n) is 3.24. The van der Waals surface area contributed by atoms with Crippen molar-refractivity contribution in [2.24, 2.45) is 0 Å². The minimum atomic E-state index is -4.58. The molecule has 0 spiro atoms. The molecule has 1 fully saturated rings. The predicted octanol–water partition coefficient (Wildman–Crippen LogP) is 0.908. The molecule has 6 heteroatoms. The molecule has 0 saturated heterocycles. The molecule has 0 amide bonds. The first kappa shape index (κ1) is 10.9. The van der Waals surface area contributed by atoms with E-state index in [0.29, 0.717) is 12.8 Å². The van der Waals surface area contributed by atoms with E-state index in [2.05, 4.69) is 4.52 Å². The number of carbonyl (C=O) groups excluding carboxylic acids is 1. The smallest absolute Gasteiger partial charge is 0.303 e. The van der Waals surface area contributed by atoms with Crippen molar-refractivity contribution in [3.05, 3.63) is 0 Å². The summed E-state index contributed by atoms with van der Waals surface area (Å²) in [6, 6.07) is 0. The Bertz CT molecular complexity index is 227. The van der Waals surface area contributed by atoms with Crippen molar-refractivity contribution in [3.8, 4) is 0 Å². The molecule has 1 saturated carbocycles. The third-order valence-electron chi connectivity index (χ3n) is 2.14. The van der Waals surface area contributed by atoms with Crippen LogP contribution in [0.4, 0.5) is 0 Å². The van der Waals surface area contributed by atoms with Crippen LogP contribution >= 0.6 is 7.82 Å². The lowest BCUT2D eigenvalue weighted by Crippen LogP contribution is -2.35. The summed E-state index contributed by atoms with van der Waals surface area (Å²) in [6.45, 7) is 0. The van der Waals surface area contributed by atoms with Gasteiger partial charge in [0.2, 0.25) is 6.29 Å². The first-order valence-corrected chi connectivity index (χ1v) is 5.66. The maximum absolute atomic E-state index is 10.6. The standard InChI is InChI=1S/C7H12O5P/c8-6-7(12-13(9,10)11)4-2-1-3-5-7/h1-5H2,(H2,9,10,11). The molecule has 0 aliphatic heterocycles. The zero-order valence-corrected chi connectivity index (χ0v) is 8.00. The maximum Gasteiger partial charge on any atom is 0.470 e. The average molecular weight is 207 g/mol. The predicted molar refractivity (Wildman–Crippen MR) is 44.6 cm³/mol. The zero-order chi connectivity index (χ0) is 9.95. The summed E-state index contributed by atoms with van der Waals surface area (Å²) in [4.78, 5) is 27.7. The van der Waals surface area contributed by atoms with E-state index in [1.807, 2.05) is 0 Å². The highest BCUT2D eigenvalue weighted by molar-refractivity contribution is 7.46. The van der Waals surface area contributed by atoms with Gasteiger partial charge >= 0.3 is 7.82 Å². The first-order chi connectivity index (χ1) is 5.97. The Morgan fingerprint density at radius 2 is 1.77 bits per heavy atom. The van der Waals surface area contributed by atoms with Crippen molar-refractivity contribution in [1.29, 1.82) is 0 Å². The number of rotatable bonds is 3. The fourth-order valence-electron chi connectivity index (χ4n) is 1.56. The van der Waals surface area contributed by atoms with E-state index in [1.165, 1.54) is 0 Å². The maximum atomic E-state index is 10.6. The molecule has 1 aliphatic rings. The Labute approximate surface area is 76.3 Å². The van der Waals surface area contributed by atoms with Crippen LogP contribution < -0.4 is 0 Å². The molecule has 1 aliphatic carbocycles. The molecule has 1 radical (unpaired) electrons. The molecule has 1 rings (SSSR count). The number of phosphoric ester groups is 1. The normalized spacial score (nSPS) is 22.6. The van der Waals surface area contributed by atoms with Gasteiger partial charge in [0.1, 0.15) is 5.60 Å². The van der Waals surface area contributed by atoms with Crippen LogP contribution in [-0.4, -0.2) is 21.7 Å². The molecule has 0 atom stereocenters. The highest BCUT2D eigenvalue weighted by atomic mass is 31.2. The highest BCUT2D eigenvalue weighted by Crippen LogP contribution is 2.45. The topological polar surface area (TPSA) is 83.8 Å². The van der Waals surface area contributed by atoms with Crippen LogP contribution in [0.1, 0.15) is 32.1 Å². The van der Waals surface area contributed by atoms with Crippen LogP contribution in [0.3, 0.4) is 0 Å². The number of hydrogen-bond donors (Lipinski definition) is 2. The van der Waals surface area contributed by atoms with E-state index in [4.69, 9.17) is 9.79 Å². The minimum absolute atomic E-state index is 0.349. The second-order valence-corrected chi connectivity index (χ2v) is 4.40. The molecule has 0 bridgehead atoms. The Kier molecular flexibility index (Phi) is 3.24. The summed E-state index contributed by atoms with van der Waals surface area (Å²) < 4.78 is 15.0. The molecule has 0 heterocycles. The third kappa shape index (κ3) is 3.19. The molecule has 0 aromatic carbocycles. The van der Waals surface area contributed by atoms with E-state index in [1.54, 1.807) is 6.29 Å². The molecule has 2 N–H and O–H groups in total. The first-order valence-electron chi connectivity index (χ1n) is 4.13. The third-order valence-corrected chi connectivity index (χ3v) is 2.73. The van der Waals surface area contributed by atoms with Gasteiger partial charge in [0.05, 0.1) is 0 Å². The summed E-state index contributed by atoms with van der Waals surface area (Å²) in [5.41, 5.74) is -1.36. The van der Waals surface area contributed by atoms with Crippen LogP contribution in [0.25, 0.3) is 0 Å². The van der Waals surface area contributed by atoms with Gasteiger partial charge in [-0.3, -0.25) is 9.32 Å². The van der Waals surface area contributed by atoms with Crippen LogP contribution in [0, 0.1) is 0 Å². The van der Waals surface area contributed by atoms with Gasteiger partial charge in [0.25, 0.3) is 0 Å². The van der Waals surface area contributed by atoms with Crippen molar-refractivity contribution >= 4 is 14.1 Å². The average Bonchev–Trinajstić information content (AvgIpc) is 2.03. The molecule has 0 aromatic heterocycles. The van der Waals surface area contributed by atoms with Crippen LogP contribution in [0.5, 0.6) is 0 Å². The lowest BCUT2D eigenvalue weighted by Gasteiger charge is -2.30. The van der Waals surface area contributed by atoms with Gasteiger partial charge in [-0.05, 0) is 12.8 Å². The fraction of sp³-hybridized carbons (Fsp3) is 0.857. The highest BCUT2D eigenvalue weighted by Gasteiger charge is 2.39. The van der Waals surface area contributed by atoms with E-state index in [-0.39, 0.29) is 0 Å². The van der Waals surface area contributed by atoms with Crippen LogP contribution in [0.15, 0.2) is 0 Å². The molecular weight excluding hydrogens is 195 g/mol. The number of hydrogen-bond acceptors (Lipinski definition) is 3. The van der Waals surface area contributed by atoms with Crippen molar-refractivity contribution in [1.82, 2.24) is 0 Å². The van der Waals surface area contributed by atoms with Crippen molar-refractivity contribution in [2.75, 3.05) is 0 Å². The molecular formula is C7H12O5P. The Balaban J connectivity index is 2.68. The SMILES string of the molecule is O=[C]C1(OP(=O)(O)O)CCCCC1. The summed E-state index contributed by atoms with van der Waals surface area (Å²) in [5.74, 6) is 0. The Morgan fingerprint density at radius 3 is 2.15 bits per heavy atom. The van der Waals surface area contributed by atoms with Gasteiger partial charge in [-0.15, -0.1) is 0 Å². The quantitative estimate of drug-likeness (QED) is 0.672. The van der Waals surface area contributed by atoms with Crippen molar-refractivity contribution in [2.45, 2.75) is 37.7 Å². The van der Waals surface area contributed by atoms with E-state index in [0.717, 1.165) is 19.3 Å². The Morgan fingerprint density at radius 1 is 1.23 bits per heavy atom. The molecule has 13 heavy (non-hydrogen) atoms. The van der Waals surface area contributed by atoms with E-state index in [9.17, 15) is 9.36 Å². The minimum Gasteiger partial charge on any atom is -0.303 e. The summed E-state index contributed by atoms with van der Waals surface area (Å²) in [6.07, 6.45) is 4.76. The largest absolute Gasteiger partial charge is 0.470 e. The van der Waals surface area contributed by atoms with E-state index >= 15 is 0 Å². The van der Waals surface area contributed by atoms with Crippen molar-refractivity contribution in [3.63, 3.8) is 0 Å². The van der Waals surface area contributed by atoms with Gasteiger partial charge in [-0.1, -0.05) is 19.3 Å². The molecule has 5 nitrogen and oxygen atoms in total. The zero-order valence-electron chi connectivity index (χ0n) is 7.10. The summed E-state index contributed by atoms with van der Waals surface area (Å²) >= 11 is 0. The lowest BCUT2D eigenvalue weighted by molar-refractivity contribution is 0.0563. The summed E-state index contributed by atoms with van der Waals surface area (Å²) in [7, 11) is -4.58. The molecule has 0 unspecified atom stereocenters. The lowest BCUT2D eigenvalue weighted by atomic mass is 9.86. The van der Waals surface area contributed by atoms with Gasteiger partial charge in [-0.2, -0.15) is 0 Å². The molecule has 75 valence electrons. The van der Waals surface area contributed by atoms with E-state index < -0.39 is 13.4 Å². The van der Waals surface area contributed by atoms with Crippen LogP contribution in [0.2, 0.25) is 0 Å². The second kappa shape index (κ2) is 3.88. The van der Waals surface area contributed by atoms with Gasteiger partial charge in [0, 0.05) is 0 Å². The molecule has 0 aromatic rings. The number of phosphoric acid groups is 1. The van der Waals surface area contributed by atoms with Gasteiger partial charge in [-0.25, -0.2) is 4.57 Å². The van der Waals surface area contributed by atoms with Gasteiger partial charge < -0.3 is 9.79 Å². The Hall–Kier alpha value is -0.220. The fourth-order valence-corrected chi connectivity index (χ4v) is 2.24. The van der Waals surface area contributed by atoms with Crippen molar-refractivity contribution < 1.29 is 23.7 Å². The van der Waals surface area contributed by atoms with Gasteiger partial charge in [0.15, 0.2) is 0 Å². The monoisotopic (exact) mass is 207 g/mol. The van der Waals surface area contributed by atoms with Crippen LogP contribution in [-0.2, 0) is 13.9 Å². The summed E-state index contributed by atoms with van der Waals surface area (Å²) in [5, 5.41) is 0.